The molecule has 1 aromatic carbocycles. The minimum absolute atomic E-state index is 0.103. The van der Waals surface area contributed by atoms with Crippen molar-refractivity contribution in [2.75, 3.05) is 0 Å². The molecule has 0 atom stereocenters. The van der Waals surface area contributed by atoms with E-state index >= 15 is 0 Å². The fourth-order valence-electron chi connectivity index (χ4n) is 2.70. The second-order valence-corrected chi connectivity index (χ2v) is 5.71. The normalized spacial score (nSPS) is 11.8. The van der Waals surface area contributed by atoms with E-state index in [1.807, 2.05) is 0 Å². The number of carboxylic acid groups (broad SMARTS) is 1. The van der Waals surface area contributed by atoms with E-state index < -0.39 is 11.9 Å². The van der Waals surface area contributed by atoms with Gasteiger partial charge in [-0.1, -0.05) is 6.07 Å². The van der Waals surface area contributed by atoms with Gasteiger partial charge in [-0.2, -0.15) is 5.10 Å². The Morgan fingerprint density at radius 1 is 1.33 bits per heavy atom. The van der Waals surface area contributed by atoms with E-state index in [0.717, 1.165) is 6.92 Å². The van der Waals surface area contributed by atoms with Crippen LogP contribution in [0.3, 0.4) is 0 Å². The van der Waals surface area contributed by atoms with Crippen molar-refractivity contribution in [3.63, 3.8) is 0 Å². The molecule has 0 radical (unpaired) electrons. The predicted octanol–water partition coefficient (Wildman–Crippen LogP) is 3.37. The molecule has 0 aliphatic heterocycles. The fraction of sp³-hybridized carbons (Fsp3) is 0.235. The van der Waals surface area contributed by atoms with Gasteiger partial charge in [-0.25, -0.2) is 13.6 Å². The van der Waals surface area contributed by atoms with Crippen molar-refractivity contribution in [1.82, 2.24) is 14.8 Å². The molecule has 0 unspecified atom stereocenters. The molecule has 3 rings (SSSR count). The zero-order valence-electron chi connectivity index (χ0n) is 13.1. The number of nitrogens with zero attached hydrogens (tertiary/aromatic N) is 3. The maximum atomic E-state index is 13.6. The average molecular weight is 331 g/mol. The van der Waals surface area contributed by atoms with Crippen LogP contribution in [0.5, 0.6) is 0 Å². The van der Waals surface area contributed by atoms with Crippen molar-refractivity contribution in [3.05, 3.63) is 59.0 Å². The highest BCUT2D eigenvalue weighted by Gasteiger charge is 2.25. The van der Waals surface area contributed by atoms with Gasteiger partial charge < -0.3 is 5.11 Å². The summed E-state index contributed by atoms with van der Waals surface area (Å²) in [7, 11) is 1.72. The first kappa shape index (κ1) is 16.0. The molecule has 24 heavy (non-hydrogen) atoms. The second kappa shape index (κ2) is 5.67. The van der Waals surface area contributed by atoms with Gasteiger partial charge in [0.1, 0.15) is 0 Å². The minimum Gasteiger partial charge on any atom is -0.478 e. The molecular weight excluding hydrogens is 316 g/mol. The van der Waals surface area contributed by atoms with E-state index in [0.29, 0.717) is 22.2 Å². The van der Waals surface area contributed by atoms with Gasteiger partial charge in [0, 0.05) is 43.7 Å². The van der Waals surface area contributed by atoms with Gasteiger partial charge in [0.05, 0.1) is 16.8 Å². The highest BCUT2D eigenvalue weighted by atomic mass is 19.3. The van der Waals surface area contributed by atoms with Crippen LogP contribution in [0.4, 0.5) is 8.78 Å². The summed E-state index contributed by atoms with van der Waals surface area (Å²) in [6, 6.07) is 5.80. The fourth-order valence-corrected chi connectivity index (χ4v) is 2.70. The number of benzene rings is 1. The zero-order chi connectivity index (χ0) is 17.5. The molecule has 0 aliphatic rings. The number of aromatic nitrogens is 3. The van der Waals surface area contributed by atoms with Gasteiger partial charge in [0.25, 0.3) is 5.92 Å². The Hall–Kier alpha value is -2.83. The predicted molar refractivity (Wildman–Crippen MR) is 84.3 cm³/mol. The molecule has 0 aliphatic carbocycles. The second-order valence-electron chi connectivity index (χ2n) is 5.71. The largest absolute Gasteiger partial charge is 0.478 e. The third-order valence-electron chi connectivity index (χ3n) is 3.93. The molecule has 7 heteroatoms. The van der Waals surface area contributed by atoms with E-state index in [2.05, 4.69) is 10.1 Å². The molecule has 2 aromatic heterocycles. The molecule has 0 amide bonds. The lowest BCUT2D eigenvalue weighted by Crippen LogP contribution is -2.06. The molecule has 0 saturated heterocycles. The smallest absolute Gasteiger partial charge is 0.336 e. The van der Waals surface area contributed by atoms with Crippen LogP contribution in [-0.4, -0.2) is 25.8 Å². The maximum absolute atomic E-state index is 13.6. The number of alkyl halides is 2. The van der Waals surface area contributed by atoms with Crippen LogP contribution < -0.4 is 0 Å². The third kappa shape index (κ3) is 2.84. The van der Waals surface area contributed by atoms with Crippen LogP contribution in [0.2, 0.25) is 0 Å². The Labute approximate surface area is 136 Å². The Bertz CT molecular complexity index is 929. The molecule has 124 valence electrons. The number of rotatable bonds is 4. The van der Waals surface area contributed by atoms with Crippen molar-refractivity contribution in [1.29, 1.82) is 0 Å². The molecule has 1 N–H and O–H groups in total. The Morgan fingerprint density at radius 3 is 2.75 bits per heavy atom. The summed E-state index contributed by atoms with van der Waals surface area (Å²) in [5.74, 6) is -4.02. The summed E-state index contributed by atoms with van der Waals surface area (Å²) in [6.07, 6.45) is 3.06. The van der Waals surface area contributed by atoms with E-state index in [1.54, 1.807) is 17.8 Å². The summed E-state index contributed by atoms with van der Waals surface area (Å²) < 4.78 is 28.8. The number of fused-ring (bicyclic) bond motifs is 1. The van der Waals surface area contributed by atoms with Gasteiger partial charge in [0.15, 0.2) is 0 Å². The Balaban J connectivity index is 2.12. The van der Waals surface area contributed by atoms with Crippen LogP contribution in [0.1, 0.15) is 34.1 Å². The first-order valence-corrected chi connectivity index (χ1v) is 7.27. The van der Waals surface area contributed by atoms with Gasteiger partial charge in [-0.05, 0) is 23.8 Å². The van der Waals surface area contributed by atoms with E-state index in [1.165, 1.54) is 30.6 Å². The van der Waals surface area contributed by atoms with Gasteiger partial charge in [-0.3, -0.25) is 9.67 Å². The van der Waals surface area contributed by atoms with Crippen LogP contribution in [0, 0.1) is 0 Å². The van der Waals surface area contributed by atoms with Crippen molar-refractivity contribution in [2.24, 2.45) is 7.05 Å². The minimum atomic E-state index is -2.96. The molecule has 0 saturated carbocycles. The summed E-state index contributed by atoms with van der Waals surface area (Å²) in [5.41, 5.74) is 1.75. The van der Waals surface area contributed by atoms with Gasteiger partial charge >= 0.3 is 5.97 Å². The average Bonchev–Trinajstić information content (AvgIpc) is 2.83. The third-order valence-corrected chi connectivity index (χ3v) is 3.93. The number of aromatic carboxylic acids is 1. The number of aryl methyl sites for hydroxylation is 1. The van der Waals surface area contributed by atoms with Crippen LogP contribution in [-0.2, 0) is 19.4 Å². The number of carbonyl (C=O) groups is 1. The quantitative estimate of drug-likeness (QED) is 0.796. The Kier molecular flexibility index (Phi) is 3.79. The first-order valence-electron chi connectivity index (χ1n) is 7.27. The summed E-state index contributed by atoms with van der Waals surface area (Å²) in [4.78, 5) is 15.3. The van der Waals surface area contributed by atoms with Crippen LogP contribution >= 0.6 is 0 Å². The lowest BCUT2D eigenvalue weighted by Gasteiger charge is -2.10. The number of hydrogen-bond donors (Lipinski definition) is 1. The van der Waals surface area contributed by atoms with Crippen LogP contribution in [0.25, 0.3) is 10.9 Å². The van der Waals surface area contributed by atoms with Crippen molar-refractivity contribution in [2.45, 2.75) is 19.3 Å². The summed E-state index contributed by atoms with van der Waals surface area (Å²) in [6.45, 7) is 0.841. The monoisotopic (exact) mass is 331 g/mol. The topological polar surface area (TPSA) is 68.0 Å². The molecule has 3 aromatic rings. The molecule has 0 spiro atoms. The zero-order valence-corrected chi connectivity index (χ0v) is 13.1. The molecule has 0 fully saturated rings. The van der Waals surface area contributed by atoms with Gasteiger partial charge in [-0.15, -0.1) is 0 Å². The molecule has 0 bridgehead atoms. The van der Waals surface area contributed by atoms with Gasteiger partial charge in [0.2, 0.25) is 0 Å². The van der Waals surface area contributed by atoms with E-state index in [4.69, 9.17) is 0 Å². The lowest BCUT2D eigenvalue weighted by atomic mass is 10.0. The van der Waals surface area contributed by atoms with Crippen molar-refractivity contribution >= 4 is 16.9 Å². The number of halogens is 2. The highest BCUT2D eigenvalue weighted by molar-refractivity contribution is 5.90. The standard InChI is InChI=1S/C17H15F2N3O2/c1-17(18,19)11-3-4-15-13(8-11)14(21-22(15)2)7-10-9-20-6-5-12(10)16(23)24/h3-6,8-9H,7H2,1-2H3,(H,23,24). The van der Waals surface area contributed by atoms with Crippen molar-refractivity contribution < 1.29 is 18.7 Å². The van der Waals surface area contributed by atoms with E-state index in [-0.39, 0.29) is 17.5 Å². The van der Waals surface area contributed by atoms with Crippen LogP contribution in [0.15, 0.2) is 36.7 Å². The lowest BCUT2D eigenvalue weighted by molar-refractivity contribution is 0.0176. The summed E-state index contributed by atoms with van der Waals surface area (Å²) in [5, 5.41) is 14.2. The molecule has 2 heterocycles. The Morgan fingerprint density at radius 2 is 2.08 bits per heavy atom. The number of carboxylic acids is 1. The highest BCUT2D eigenvalue weighted by Crippen LogP contribution is 2.31. The molecular formula is C17H15F2N3O2. The maximum Gasteiger partial charge on any atom is 0.336 e. The van der Waals surface area contributed by atoms with E-state index in [9.17, 15) is 18.7 Å². The van der Waals surface area contributed by atoms with Crippen molar-refractivity contribution in [3.8, 4) is 0 Å². The SMILES string of the molecule is Cn1nc(Cc2cnccc2C(=O)O)c2cc(C(C)(F)F)ccc21. The number of hydrogen-bond acceptors (Lipinski definition) is 3. The molecule has 5 nitrogen and oxygen atoms in total. The number of pyridine rings is 1. The first-order chi connectivity index (χ1) is 11.3. The summed E-state index contributed by atoms with van der Waals surface area (Å²) >= 11 is 0.